The fraction of sp³-hybridized carbons (Fsp3) is 0.333. The second-order valence-corrected chi connectivity index (χ2v) is 5.39. The van der Waals surface area contributed by atoms with E-state index in [2.05, 4.69) is 0 Å². The lowest BCUT2D eigenvalue weighted by Gasteiger charge is -2.12. The van der Waals surface area contributed by atoms with E-state index in [0.29, 0.717) is 17.2 Å². The molecule has 0 aliphatic heterocycles. The molecule has 2 rings (SSSR count). The largest absolute Gasteiger partial charge is 1.00 e. The van der Waals surface area contributed by atoms with Crippen molar-refractivity contribution < 1.29 is 31.2 Å². The number of halogens is 1. The molecule has 0 fully saturated rings. The zero-order valence-corrected chi connectivity index (χ0v) is 16.0. The van der Waals surface area contributed by atoms with E-state index in [1.807, 2.05) is 25.1 Å². The van der Waals surface area contributed by atoms with Gasteiger partial charge in [-0.05, 0) is 19.1 Å². The number of hydrogen-bond donors (Lipinski definition) is 0. The van der Waals surface area contributed by atoms with Crippen molar-refractivity contribution in [1.29, 1.82) is 0 Å². The molecule has 0 aliphatic rings. The average Bonchev–Trinajstić information content (AvgIpc) is 2.60. The van der Waals surface area contributed by atoms with Gasteiger partial charge in [0, 0.05) is 18.2 Å². The molecule has 25 heavy (non-hydrogen) atoms. The Labute approximate surface area is 153 Å². The SMILES string of the molecule is COc1cc(OC)c(C=Cc2cc(C)n(C)c(=O)[n+]2C)c(OC)c1.[Cl-]. The van der Waals surface area contributed by atoms with Crippen molar-refractivity contribution in [3.05, 3.63) is 45.6 Å². The first-order valence-electron chi connectivity index (χ1n) is 7.47. The van der Waals surface area contributed by atoms with Gasteiger partial charge in [0.2, 0.25) is 0 Å². The number of hydrogen-bond acceptors (Lipinski definition) is 4. The number of nitrogens with zero attached hydrogens (tertiary/aromatic N) is 2. The van der Waals surface area contributed by atoms with Crippen molar-refractivity contribution in [3.8, 4) is 17.2 Å². The summed E-state index contributed by atoms with van der Waals surface area (Å²) in [5.74, 6) is 1.91. The highest BCUT2D eigenvalue weighted by Gasteiger charge is 2.14. The van der Waals surface area contributed by atoms with Crippen molar-refractivity contribution in [2.45, 2.75) is 6.92 Å². The van der Waals surface area contributed by atoms with E-state index in [4.69, 9.17) is 14.2 Å². The molecule has 136 valence electrons. The molecule has 1 aromatic carbocycles. The zero-order valence-electron chi connectivity index (χ0n) is 15.3. The zero-order chi connectivity index (χ0) is 17.9. The Kier molecular flexibility index (Phi) is 7.06. The first-order valence-corrected chi connectivity index (χ1v) is 7.47. The topological polar surface area (TPSA) is 53.6 Å². The Balaban J connectivity index is 0.00000312. The molecule has 7 heteroatoms. The first-order chi connectivity index (χ1) is 11.4. The van der Waals surface area contributed by atoms with Gasteiger partial charge >= 0.3 is 5.69 Å². The maximum absolute atomic E-state index is 12.2. The van der Waals surface area contributed by atoms with Crippen molar-refractivity contribution >= 4 is 12.2 Å². The summed E-state index contributed by atoms with van der Waals surface area (Å²) >= 11 is 0. The van der Waals surface area contributed by atoms with Gasteiger partial charge in [0.1, 0.15) is 28.6 Å². The Morgan fingerprint density at radius 1 is 1.00 bits per heavy atom. The van der Waals surface area contributed by atoms with Crippen LogP contribution in [0.25, 0.3) is 12.2 Å². The maximum atomic E-state index is 12.2. The van der Waals surface area contributed by atoms with Gasteiger partial charge in [-0.1, -0.05) is 0 Å². The van der Waals surface area contributed by atoms with Crippen molar-refractivity contribution in [1.82, 2.24) is 4.57 Å². The number of aromatic nitrogens is 2. The van der Waals surface area contributed by atoms with Crippen LogP contribution >= 0.6 is 0 Å². The van der Waals surface area contributed by atoms with Crippen LogP contribution in [0.15, 0.2) is 23.0 Å². The molecule has 0 atom stereocenters. The van der Waals surface area contributed by atoms with Gasteiger partial charge in [-0.15, -0.1) is 0 Å². The van der Waals surface area contributed by atoms with Crippen LogP contribution in [-0.4, -0.2) is 25.9 Å². The fourth-order valence-corrected chi connectivity index (χ4v) is 2.42. The second-order valence-electron chi connectivity index (χ2n) is 5.39. The van der Waals surface area contributed by atoms with Gasteiger partial charge in [0.05, 0.1) is 41.0 Å². The van der Waals surface area contributed by atoms with E-state index < -0.39 is 0 Å². The van der Waals surface area contributed by atoms with E-state index in [0.717, 1.165) is 17.0 Å². The lowest BCUT2D eigenvalue weighted by Crippen LogP contribution is -3.00. The minimum absolute atomic E-state index is 0. The summed E-state index contributed by atoms with van der Waals surface area (Å²) in [6.45, 7) is 1.90. The summed E-state index contributed by atoms with van der Waals surface area (Å²) in [4.78, 5) is 12.2. The Morgan fingerprint density at radius 2 is 1.56 bits per heavy atom. The third kappa shape index (κ3) is 4.14. The first kappa shape index (κ1) is 20.6. The summed E-state index contributed by atoms with van der Waals surface area (Å²) in [5, 5.41) is 0. The molecule has 0 saturated carbocycles. The molecule has 0 aliphatic carbocycles. The molecule has 0 saturated heterocycles. The second kappa shape index (κ2) is 8.58. The predicted molar refractivity (Wildman–Crippen MR) is 92.6 cm³/mol. The number of benzene rings is 1. The lowest BCUT2D eigenvalue weighted by atomic mass is 10.1. The van der Waals surface area contributed by atoms with Crippen molar-refractivity contribution in [2.75, 3.05) is 21.3 Å². The highest BCUT2D eigenvalue weighted by atomic mass is 35.5. The number of methoxy groups -OCH3 is 3. The van der Waals surface area contributed by atoms with E-state index in [9.17, 15) is 4.79 Å². The Bertz CT molecular complexity index is 819. The van der Waals surface area contributed by atoms with E-state index in [1.165, 1.54) is 0 Å². The minimum atomic E-state index is -0.0803. The van der Waals surface area contributed by atoms with Crippen molar-refractivity contribution in [3.63, 3.8) is 0 Å². The summed E-state index contributed by atoms with van der Waals surface area (Å²) in [7, 11) is 8.26. The van der Waals surface area contributed by atoms with Crippen LogP contribution in [0.3, 0.4) is 0 Å². The lowest BCUT2D eigenvalue weighted by molar-refractivity contribution is -0.692. The fourth-order valence-electron chi connectivity index (χ4n) is 2.42. The van der Waals surface area contributed by atoms with E-state index in [-0.39, 0.29) is 18.1 Å². The van der Waals surface area contributed by atoms with Gasteiger partial charge in [-0.25, -0.2) is 0 Å². The van der Waals surface area contributed by atoms with Crippen LogP contribution in [0.1, 0.15) is 17.0 Å². The van der Waals surface area contributed by atoms with Crippen LogP contribution in [0.5, 0.6) is 17.2 Å². The summed E-state index contributed by atoms with van der Waals surface area (Å²) in [6, 6.07) is 5.52. The maximum Gasteiger partial charge on any atom is 0.498 e. The average molecular weight is 367 g/mol. The summed E-state index contributed by atoms with van der Waals surface area (Å²) in [5.41, 5.74) is 2.37. The van der Waals surface area contributed by atoms with Crippen LogP contribution < -0.4 is 36.9 Å². The summed E-state index contributed by atoms with van der Waals surface area (Å²) in [6.07, 6.45) is 3.73. The molecule has 0 radical (unpaired) electrons. The normalized spacial score (nSPS) is 10.5. The van der Waals surface area contributed by atoms with Crippen molar-refractivity contribution in [2.24, 2.45) is 14.1 Å². The Morgan fingerprint density at radius 3 is 2.04 bits per heavy atom. The highest BCUT2D eigenvalue weighted by Crippen LogP contribution is 2.35. The highest BCUT2D eigenvalue weighted by molar-refractivity contribution is 5.75. The number of rotatable bonds is 5. The number of ether oxygens (including phenoxy) is 3. The van der Waals surface area contributed by atoms with E-state index in [1.54, 1.807) is 56.7 Å². The van der Waals surface area contributed by atoms with Gasteiger partial charge in [0.15, 0.2) is 0 Å². The molecule has 1 aromatic heterocycles. The molecule has 0 amide bonds. The molecule has 0 bridgehead atoms. The molecule has 1 heterocycles. The third-order valence-corrected chi connectivity index (χ3v) is 4.02. The quantitative estimate of drug-likeness (QED) is 0.619. The standard InChI is InChI=1S/C18H23N2O4.ClH/c1-12-9-13(20(3)18(21)19(12)2)7-8-15-16(23-5)10-14(22-4)11-17(15)24-6;/h7-11H,1-6H3;1H/q+1;/p-1. The van der Waals surface area contributed by atoms with Gasteiger partial charge in [-0.2, -0.15) is 13.9 Å². The van der Waals surface area contributed by atoms with Gasteiger partial charge < -0.3 is 26.6 Å². The third-order valence-electron chi connectivity index (χ3n) is 4.02. The molecule has 6 nitrogen and oxygen atoms in total. The van der Waals surface area contributed by atoms with Gasteiger partial charge in [-0.3, -0.25) is 0 Å². The molecular formula is C18H23ClN2O4. The minimum Gasteiger partial charge on any atom is -1.00 e. The van der Waals surface area contributed by atoms with Crippen LogP contribution in [0.2, 0.25) is 0 Å². The summed E-state index contributed by atoms with van der Waals surface area (Å²) < 4.78 is 19.3. The molecular weight excluding hydrogens is 344 g/mol. The molecule has 2 aromatic rings. The van der Waals surface area contributed by atoms with Crippen LogP contribution in [0.4, 0.5) is 0 Å². The smallest absolute Gasteiger partial charge is 0.498 e. The van der Waals surface area contributed by atoms with E-state index >= 15 is 0 Å². The molecule has 0 N–H and O–H groups in total. The van der Waals surface area contributed by atoms with Crippen LogP contribution in [-0.2, 0) is 14.1 Å². The Hall–Kier alpha value is -2.47. The number of aryl methyl sites for hydroxylation is 1. The van der Waals surface area contributed by atoms with Crippen LogP contribution in [0, 0.1) is 6.92 Å². The molecule has 0 spiro atoms. The monoisotopic (exact) mass is 366 g/mol. The van der Waals surface area contributed by atoms with Gasteiger partial charge in [0.25, 0.3) is 0 Å². The molecule has 0 unspecified atom stereocenters. The predicted octanol–water partition coefficient (Wildman–Crippen LogP) is -1.28.